The lowest BCUT2D eigenvalue weighted by molar-refractivity contribution is 0.133. The van der Waals surface area contributed by atoms with Crippen molar-refractivity contribution in [3.63, 3.8) is 0 Å². The monoisotopic (exact) mass is 289 g/mol. The van der Waals surface area contributed by atoms with Crippen LogP contribution in [0.2, 0.25) is 0 Å². The highest BCUT2D eigenvalue weighted by Crippen LogP contribution is 2.23. The molecule has 1 saturated heterocycles. The summed E-state index contributed by atoms with van der Waals surface area (Å²) in [6.45, 7) is 4.30. The van der Waals surface area contributed by atoms with Gasteiger partial charge in [-0.3, -0.25) is 0 Å². The summed E-state index contributed by atoms with van der Waals surface area (Å²) in [7, 11) is 2.10. The highest BCUT2D eigenvalue weighted by molar-refractivity contribution is 5.88. The van der Waals surface area contributed by atoms with E-state index in [2.05, 4.69) is 28.8 Å². The van der Waals surface area contributed by atoms with Gasteiger partial charge >= 0.3 is 0 Å². The van der Waals surface area contributed by atoms with Gasteiger partial charge in [0.1, 0.15) is 24.9 Å². The molecule has 3 rings (SSSR count). The van der Waals surface area contributed by atoms with Crippen molar-refractivity contribution in [3.05, 3.63) is 47.5 Å². The first kappa shape index (κ1) is 13.9. The molecule has 2 aliphatic heterocycles. The van der Waals surface area contributed by atoms with Crippen LogP contribution in [0.4, 0.5) is 4.39 Å². The molecule has 0 bridgehead atoms. The highest BCUT2D eigenvalue weighted by Gasteiger charge is 2.27. The van der Waals surface area contributed by atoms with E-state index in [0.717, 1.165) is 24.4 Å². The second-order valence-electron chi connectivity index (χ2n) is 5.57. The molecule has 5 heteroatoms. The van der Waals surface area contributed by atoms with E-state index >= 15 is 0 Å². The quantitative estimate of drug-likeness (QED) is 0.837. The summed E-state index contributed by atoms with van der Waals surface area (Å²) in [5.74, 6) is 1.58. The van der Waals surface area contributed by atoms with Crippen LogP contribution in [0.1, 0.15) is 18.9 Å². The summed E-state index contributed by atoms with van der Waals surface area (Å²) in [5, 5.41) is 0. The van der Waals surface area contributed by atoms with Gasteiger partial charge in [0, 0.05) is 25.7 Å². The summed E-state index contributed by atoms with van der Waals surface area (Å²) in [5.41, 5.74) is 0.935. The smallest absolute Gasteiger partial charge is 0.214 e. The van der Waals surface area contributed by atoms with Gasteiger partial charge < -0.3 is 14.5 Å². The second kappa shape index (κ2) is 5.76. The van der Waals surface area contributed by atoms with Gasteiger partial charge in [0.05, 0.1) is 0 Å². The fourth-order valence-electron chi connectivity index (χ4n) is 2.57. The predicted molar refractivity (Wildman–Crippen MR) is 80.1 cm³/mol. The van der Waals surface area contributed by atoms with Crippen molar-refractivity contribution >= 4 is 5.90 Å². The maximum atomic E-state index is 12.9. The minimum atomic E-state index is -0.232. The van der Waals surface area contributed by atoms with E-state index in [1.807, 2.05) is 6.08 Å². The Labute approximate surface area is 124 Å². The van der Waals surface area contributed by atoms with Crippen LogP contribution in [-0.2, 0) is 11.3 Å². The first-order valence-corrected chi connectivity index (χ1v) is 7.24. The Hall–Kier alpha value is -2.04. The summed E-state index contributed by atoms with van der Waals surface area (Å²) in [6, 6.07) is 6.87. The van der Waals surface area contributed by atoms with Gasteiger partial charge in [-0.1, -0.05) is 12.1 Å². The van der Waals surface area contributed by atoms with E-state index in [9.17, 15) is 4.39 Å². The third-order valence-corrected chi connectivity index (χ3v) is 4.11. The number of halogens is 1. The molecule has 1 atom stereocenters. The van der Waals surface area contributed by atoms with Gasteiger partial charge in [0.15, 0.2) is 0 Å². The molecule has 0 N–H and O–H groups in total. The molecule has 0 aliphatic carbocycles. The standard InChI is InChI=1S/C16H20FN3O/c1-12-7-8-20-11-18-15(9-16(20)19(12)2)21-10-13-3-5-14(17)6-4-13/h3-6,9,12H,7-8,10-11H2,1-2H3/t12-/m0/s1. The predicted octanol–water partition coefficient (Wildman–Crippen LogP) is 2.58. The average Bonchev–Trinajstić information content (AvgIpc) is 2.51. The largest absolute Gasteiger partial charge is 0.473 e. The summed E-state index contributed by atoms with van der Waals surface area (Å²) in [6.07, 6.45) is 3.14. The molecule has 4 nitrogen and oxygen atoms in total. The van der Waals surface area contributed by atoms with Crippen molar-refractivity contribution in [2.24, 2.45) is 4.99 Å². The summed E-state index contributed by atoms with van der Waals surface area (Å²) >= 11 is 0. The Morgan fingerprint density at radius 3 is 2.86 bits per heavy atom. The van der Waals surface area contributed by atoms with E-state index in [1.54, 1.807) is 12.1 Å². The van der Waals surface area contributed by atoms with Gasteiger partial charge in [-0.2, -0.15) is 0 Å². The lowest BCUT2D eigenvalue weighted by Crippen LogP contribution is -2.47. The zero-order valence-corrected chi connectivity index (χ0v) is 12.4. The fraction of sp³-hybridized carbons (Fsp3) is 0.438. The number of nitrogens with zero attached hydrogens (tertiary/aromatic N) is 3. The van der Waals surface area contributed by atoms with Gasteiger partial charge in [-0.05, 0) is 31.0 Å². The summed E-state index contributed by atoms with van der Waals surface area (Å²) < 4.78 is 18.6. The molecule has 0 spiro atoms. The van der Waals surface area contributed by atoms with Gasteiger partial charge in [-0.25, -0.2) is 9.38 Å². The van der Waals surface area contributed by atoms with Crippen molar-refractivity contribution < 1.29 is 9.13 Å². The second-order valence-corrected chi connectivity index (χ2v) is 5.57. The number of rotatable bonds is 2. The fourth-order valence-corrected chi connectivity index (χ4v) is 2.57. The van der Waals surface area contributed by atoms with Crippen molar-refractivity contribution in [1.82, 2.24) is 9.80 Å². The van der Waals surface area contributed by atoms with Crippen molar-refractivity contribution in [3.8, 4) is 0 Å². The number of ether oxygens (including phenoxy) is 1. The van der Waals surface area contributed by atoms with Crippen molar-refractivity contribution in [2.45, 2.75) is 26.0 Å². The zero-order valence-electron chi connectivity index (χ0n) is 12.4. The number of aliphatic imine (C=N–C) groups is 1. The van der Waals surface area contributed by atoms with Crippen LogP contribution in [0.25, 0.3) is 0 Å². The average molecular weight is 289 g/mol. The number of hydrogen-bond acceptors (Lipinski definition) is 4. The minimum absolute atomic E-state index is 0.232. The normalized spacial score (nSPS) is 21.6. The molecule has 0 unspecified atom stereocenters. The Kier molecular flexibility index (Phi) is 3.82. The molecule has 2 heterocycles. The van der Waals surface area contributed by atoms with E-state index in [1.165, 1.54) is 12.1 Å². The van der Waals surface area contributed by atoms with Gasteiger partial charge in [-0.15, -0.1) is 0 Å². The van der Waals surface area contributed by atoms with Crippen LogP contribution in [0.15, 0.2) is 41.2 Å². The maximum Gasteiger partial charge on any atom is 0.214 e. The molecule has 112 valence electrons. The molecule has 0 radical (unpaired) electrons. The lowest BCUT2D eigenvalue weighted by atomic mass is 10.1. The van der Waals surface area contributed by atoms with Crippen LogP contribution in [0.3, 0.4) is 0 Å². The Morgan fingerprint density at radius 1 is 1.33 bits per heavy atom. The molecular weight excluding hydrogens is 269 g/mol. The van der Waals surface area contributed by atoms with Crippen LogP contribution in [0.5, 0.6) is 0 Å². The van der Waals surface area contributed by atoms with E-state index in [0.29, 0.717) is 25.2 Å². The Balaban J connectivity index is 1.65. The third kappa shape index (κ3) is 3.01. The van der Waals surface area contributed by atoms with E-state index in [4.69, 9.17) is 4.74 Å². The van der Waals surface area contributed by atoms with Crippen LogP contribution in [0, 0.1) is 5.82 Å². The Morgan fingerprint density at radius 2 is 2.10 bits per heavy atom. The molecule has 0 amide bonds. The molecule has 2 aliphatic rings. The topological polar surface area (TPSA) is 28.1 Å². The molecule has 0 saturated carbocycles. The minimum Gasteiger partial charge on any atom is -0.473 e. The number of benzene rings is 1. The number of hydrogen-bond donors (Lipinski definition) is 0. The molecular formula is C16H20FN3O. The molecule has 1 fully saturated rings. The van der Waals surface area contributed by atoms with Crippen LogP contribution >= 0.6 is 0 Å². The van der Waals surface area contributed by atoms with Gasteiger partial charge in [0.25, 0.3) is 0 Å². The lowest BCUT2D eigenvalue weighted by Gasteiger charge is -2.43. The SMILES string of the molecule is C[C@H]1CCN2CN=C(OCc3ccc(F)cc3)C=C2N1C. The zero-order chi connectivity index (χ0) is 14.8. The third-order valence-electron chi connectivity index (χ3n) is 4.11. The summed E-state index contributed by atoms with van der Waals surface area (Å²) in [4.78, 5) is 8.97. The first-order chi connectivity index (χ1) is 10.1. The molecule has 1 aromatic carbocycles. The van der Waals surface area contributed by atoms with Crippen molar-refractivity contribution in [1.29, 1.82) is 0 Å². The van der Waals surface area contributed by atoms with E-state index < -0.39 is 0 Å². The number of fused-ring (bicyclic) bond motifs is 1. The highest BCUT2D eigenvalue weighted by atomic mass is 19.1. The Bertz CT molecular complexity index is 567. The van der Waals surface area contributed by atoms with Gasteiger partial charge in [0.2, 0.25) is 5.90 Å². The van der Waals surface area contributed by atoms with Crippen LogP contribution < -0.4 is 0 Å². The molecule has 21 heavy (non-hydrogen) atoms. The van der Waals surface area contributed by atoms with Crippen molar-refractivity contribution in [2.75, 3.05) is 20.3 Å². The maximum absolute atomic E-state index is 12.9. The van der Waals surface area contributed by atoms with E-state index in [-0.39, 0.29) is 5.82 Å². The molecule has 0 aromatic heterocycles. The van der Waals surface area contributed by atoms with Crippen LogP contribution in [-0.4, -0.2) is 42.0 Å². The first-order valence-electron chi connectivity index (χ1n) is 7.24. The molecule has 1 aromatic rings.